The summed E-state index contributed by atoms with van der Waals surface area (Å²) in [6, 6.07) is 9.10. The molecule has 1 aromatic carbocycles. The molecule has 0 radical (unpaired) electrons. The van der Waals surface area contributed by atoms with Gasteiger partial charge in [0.15, 0.2) is 0 Å². The summed E-state index contributed by atoms with van der Waals surface area (Å²) in [4.78, 5) is 0. The number of primary sulfonamides is 1. The highest BCUT2D eigenvalue weighted by molar-refractivity contribution is 7.89. The van der Waals surface area contributed by atoms with E-state index in [4.69, 9.17) is 10.4 Å². The van der Waals surface area contributed by atoms with Gasteiger partial charge in [-0.2, -0.15) is 5.26 Å². The van der Waals surface area contributed by atoms with Crippen LogP contribution >= 0.6 is 0 Å². The largest absolute Gasteiger partial charge is 0.384 e. The molecule has 0 atom stereocenters. The number of nitrogens with one attached hydrogen (secondary N) is 1. The van der Waals surface area contributed by atoms with E-state index in [0.29, 0.717) is 24.2 Å². The van der Waals surface area contributed by atoms with Crippen LogP contribution in [0.4, 0.5) is 5.69 Å². The van der Waals surface area contributed by atoms with Crippen LogP contribution in [0.5, 0.6) is 0 Å². The first-order valence-electron chi connectivity index (χ1n) is 4.76. The Kier molecular flexibility index (Phi) is 4.28. The maximum atomic E-state index is 10.7. The van der Waals surface area contributed by atoms with Gasteiger partial charge in [-0.3, -0.25) is 0 Å². The van der Waals surface area contributed by atoms with Crippen LogP contribution in [-0.2, 0) is 10.0 Å². The third kappa shape index (κ3) is 4.29. The Bertz CT molecular complexity index is 491. The van der Waals surface area contributed by atoms with Gasteiger partial charge < -0.3 is 5.32 Å². The topological polar surface area (TPSA) is 96.0 Å². The SMILES string of the molecule is N#Cc1ccccc1NCCCS(N)(=O)=O. The minimum Gasteiger partial charge on any atom is -0.384 e. The molecule has 1 aromatic rings. The Balaban J connectivity index is 2.47. The molecule has 0 aliphatic carbocycles. The van der Waals surface area contributed by atoms with Gasteiger partial charge in [0.05, 0.1) is 17.0 Å². The normalized spacial score (nSPS) is 10.8. The quantitative estimate of drug-likeness (QED) is 0.737. The molecule has 0 saturated carbocycles. The molecule has 3 N–H and O–H groups in total. The number of hydrogen-bond donors (Lipinski definition) is 2. The van der Waals surface area contributed by atoms with E-state index in [2.05, 4.69) is 5.32 Å². The minimum absolute atomic E-state index is 0.0608. The molecule has 0 heterocycles. The highest BCUT2D eigenvalue weighted by Gasteiger charge is 2.03. The summed E-state index contributed by atoms with van der Waals surface area (Å²) < 4.78 is 21.3. The van der Waals surface area contributed by atoms with E-state index in [0.717, 1.165) is 0 Å². The van der Waals surface area contributed by atoms with Gasteiger partial charge in [0.1, 0.15) is 6.07 Å². The van der Waals surface area contributed by atoms with Crippen LogP contribution in [0.1, 0.15) is 12.0 Å². The molecule has 0 unspecified atom stereocenters. The molecule has 0 saturated heterocycles. The van der Waals surface area contributed by atoms with Crippen molar-refractivity contribution in [2.45, 2.75) is 6.42 Å². The van der Waals surface area contributed by atoms with Gasteiger partial charge >= 0.3 is 0 Å². The molecule has 0 aliphatic rings. The molecule has 86 valence electrons. The van der Waals surface area contributed by atoms with Gasteiger partial charge in [0, 0.05) is 6.54 Å². The lowest BCUT2D eigenvalue weighted by molar-refractivity contribution is 0.596. The minimum atomic E-state index is -3.40. The van der Waals surface area contributed by atoms with Gasteiger partial charge in [-0.25, -0.2) is 13.6 Å². The second-order valence-electron chi connectivity index (χ2n) is 3.30. The Morgan fingerprint density at radius 2 is 2.06 bits per heavy atom. The van der Waals surface area contributed by atoms with Crippen LogP contribution in [0, 0.1) is 11.3 Å². The number of anilines is 1. The molecule has 0 bridgehead atoms. The van der Waals surface area contributed by atoms with Crippen molar-refractivity contribution in [3.8, 4) is 6.07 Å². The summed E-state index contributed by atoms with van der Waals surface area (Å²) in [7, 11) is -3.40. The van der Waals surface area contributed by atoms with Crippen molar-refractivity contribution >= 4 is 15.7 Å². The molecular formula is C10H13N3O2S. The first-order valence-corrected chi connectivity index (χ1v) is 6.48. The molecule has 1 rings (SSSR count). The number of hydrogen-bond acceptors (Lipinski definition) is 4. The summed E-state index contributed by atoms with van der Waals surface area (Å²) in [5.74, 6) is -0.0608. The third-order valence-electron chi connectivity index (χ3n) is 1.97. The number of nitrogens with zero attached hydrogens (tertiary/aromatic N) is 1. The van der Waals surface area contributed by atoms with Crippen molar-refractivity contribution in [3.05, 3.63) is 29.8 Å². The van der Waals surface area contributed by atoms with E-state index in [1.807, 2.05) is 12.1 Å². The van der Waals surface area contributed by atoms with Crippen molar-refractivity contribution in [1.29, 1.82) is 5.26 Å². The van der Waals surface area contributed by atoms with Gasteiger partial charge in [-0.1, -0.05) is 12.1 Å². The van der Waals surface area contributed by atoms with Crippen LogP contribution in [0.25, 0.3) is 0 Å². The van der Waals surface area contributed by atoms with Crippen molar-refractivity contribution < 1.29 is 8.42 Å². The molecular weight excluding hydrogens is 226 g/mol. The number of benzene rings is 1. The average molecular weight is 239 g/mol. The maximum Gasteiger partial charge on any atom is 0.209 e. The molecule has 6 heteroatoms. The summed E-state index contributed by atoms with van der Waals surface area (Å²) in [5.41, 5.74) is 1.25. The lowest BCUT2D eigenvalue weighted by atomic mass is 10.2. The molecule has 16 heavy (non-hydrogen) atoms. The van der Waals surface area contributed by atoms with E-state index in [1.165, 1.54) is 0 Å². The lowest BCUT2D eigenvalue weighted by Gasteiger charge is -2.06. The fraction of sp³-hybridized carbons (Fsp3) is 0.300. The smallest absolute Gasteiger partial charge is 0.209 e. The Morgan fingerprint density at radius 1 is 1.38 bits per heavy atom. The molecule has 0 aromatic heterocycles. The second kappa shape index (κ2) is 5.49. The number of nitrogens with two attached hydrogens (primary N) is 1. The Labute approximate surface area is 94.9 Å². The van der Waals surface area contributed by atoms with E-state index in [9.17, 15) is 8.42 Å². The molecule has 5 nitrogen and oxygen atoms in total. The highest BCUT2D eigenvalue weighted by atomic mass is 32.2. The zero-order chi connectivity index (χ0) is 12.0. The molecule has 0 fully saturated rings. The molecule has 0 spiro atoms. The van der Waals surface area contributed by atoms with Crippen molar-refractivity contribution in [2.24, 2.45) is 5.14 Å². The lowest BCUT2D eigenvalue weighted by Crippen LogP contribution is -2.18. The second-order valence-corrected chi connectivity index (χ2v) is 5.04. The van der Waals surface area contributed by atoms with Crippen molar-refractivity contribution in [2.75, 3.05) is 17.6 Å². The summed E-state index contributed by atoms with van der Waals surface area (Å²) >= 11 is 0. The van der Waals surface area contributed by atoms with Crippen LogP contribution in [0.3, 0.4) is 0 Å². The van der Waals surface area contributed by atoms with Crippen molar-refractivity contribution in [1.82, 2.24) is 0 Å². The summed E-state index contributed by atoms with van der Waals surface area (Å²) in [6.07, 6.45) is 0.415. The average Bonchev–Trinajstić information content (AvgIpc) is 2.23. The fourth-order valence-corrected chi connectivity index (χ4v) is 1.78. The Morgan fingerprint density at radius 3 is 2.69 bits per heavy atom. The fourth-order valence-electron chi connectivity index (χ4n) is 1.23. The first-order chi connectivity index (χ1) is 7.53. The zero-order valence-electron chi connectivity index (χ0n) is 8.68. The van der Waals surface area contributed by atoms with Crippen LogP contribution < -0.4 is 10.5 Å². The third-order valence-corrected chi connectivity index (χ3v) is 2.83. The number of rotatable bonds is 5. The maximum absolute atomic E-state index is 10.7. The van der Waals surface area contributed by atoms with Gasteiger partial charge in [-0.05, 0) is 18.6 Å². The molecule has 0 amide bonds. The van der Waals surface area contributed by atoms with E-state index < -0.39 is 10.0 Å². The van der Waals surface area contributed by atoms with Crippen LogP contribution in [0.2, 0.25) is 0 Å². The first kappa shape index (κ1) is 12.5. The Hall–Kier alpha value is -1.58. The van der Waals surface area contributed by atoms with Crippen molar-refractivity contribution in [3.63, 3.8) is 0 Å². The summed E-state index contributed by atoms with van der Waals surface area (Å²) in [6.45, 7) is 0.467. The van der Waals surface area contributed by atoms with Crippen LogP contribution in [-0.4, -0.2) is 20.7 Å². The predicted octanol–water partition coefficient (Wildman–Crippen LogP) is 0.649. The number of nitriles is 1. The van der Waals surface area contributed by atoms with E-state index in [1.54, 1.807) is 18.2 Å². The predicted molar refractivity (Wildman–Crippen MR) is 62.2 cm³/mol. The molecule has 0 aliphatic heterocycles. The highest BCUT2D eigenvalue weighted by Crippen LogP contribution is 2.13. The van der Waals surface area contributed by atoms with E-state index >= 15 is 0 Å². The monoisotopic (exact) mass is 239 g/mol. The van der Waals surface area contributed by atoms with Crippen LogP contribution in [0.15, 0.2) is 24.3 Å². The van der Waals surface area contributed by atoms with Gasteiger partial charge in [0.25, 0.3) is 0 Å². The zero-order valence-corrected chi connectivity index (χ0v) is 9.50. The number of para-hydroxylation sites is 1. The number of sulfonamides is 1. The summed E-state index contributed by atoms with van der Waals surface area (Å²) in [5, 5.41) is 16.7. The van der Waals surface area contributed by atoms with Gasteiger partial charge in [0.2, 0.25) is 10.0 Å². The van der Waals surface area contributed by atoms with E-state index in [-0.39, 0.29) is 5.75 Å². The standard InChI is InChI=1S/C10H13N3O2S/c11-8-9-4-1-2-5-10(9)13-6-3-7-16(12,14)15/h1-2,4-5,13H,3,6-7H2,(H2,12,14,15). The van der Waals surface area contributed by atoms with Gasteiger partial charge in [-0.15, -0.1) is 0 Å².